The predicted octanol–water partition coefficient (Wildman–Crippen LogP) is 7.32. The molecule has 0 saturated heterocycles. The number of unbranched alkanes of at least 4 members (excludes halogenated alkanes) is 2. The maximum atomic E-state index is 11.6. The first-order chi connectivity index (χ1) is 23.4. The zero-order valence-electron chi connectivity index (χ0n) is 31.2. The van der Waals surface area contributed by atoms with Crippen molar-refractivity contribution < 1.29 is 40.4 Å². The van der Waals surface area contributed by atoms with Gasteiger partial charge in [0.25, 0.3) is 20.2 Å². The second-order valence-electron chi connectivity index (χ2n) is 16.2. The van der Waals surface area contributed by atoms with Crippen LogP contribution in [0.1, 0.15) is 97.8 Å². The lowest BCUT2D eigenvalue weighted by atomic mass is 9.69. The third-order valence-corrected chi connectivity index (χ3v) is 11.8. The molecule has 2 aromatic carbocycles. The van der Waals surface area contributed by atoms with Gasteiger partial charge in [0.1, 0.15) is 6.54 Å². The molecule has 4 rings (SSSR count). The second kappa shape index (κ2) is 14.6. The molecule has 280 valence electrons. The minimum atomic E-state index is -4.08. The maximum Gasteiger partial charge on any atom is 0.307 e. The van der Waals surface area contributed by atoms with Gasteiger partial charge in [-0.2, -0.15) is 21.4 Å². The number of carboxylic acid groups (broad SMARTS) is 1. The molecule has 2 heterocycles. The lowest BCUT2D eigenvalue weighted by molar-refractivity contribution is -0.442. The molecular weight excluding hydrogens is 689 g/mol. The van der Waals surface area contributed by atoms with E-state index in [-0.39, 0.29) is 23.3 Å². The molecule has 51 heavy (non-hydrogen) atoms. The van der Waals surface area contributed by atoms with Crippen LogP contribution in [-0.2, 0) is 42.3 Å². The highest BCUT2D eigenvalue weighted by Gasteiger charge is 2.51. The Morgan fingerprint density at radius 1 is 0.824 bits per heavy atom. The zero-order valence-corrected chi connectivity index (χ0v) is 32.9. The number of allylic oxidation sites excluding steroid dienone is 4. The van der Waals surface area contributed by atoms with Crippen LogP contribution in [0.2, 0.25) is 0 Å². The van der Waals surface area contributed by atoms with Crippen LogP contribution in [0.15, 0.2) is 66.4 Å². The Labute approximate surface area is 304 Å². The second-order valence-corrected chi connectivity index (χ2v) is 19.4. The zero-order chi connectivity index (χ0) is 38.2. The fourth-order valence-corrected chi connectivity index (χ4v) is 9.07. The van der Waals surface area contributed by atoms with Crippen molar-refractivity contribution in [1.29, 1.82) is 0 Å². The average molecular weight is 744 g/mol. The molecule has 2 aliphatic heterocycles. The molecule has 2 aromatic rings. The highest BCUT2D eigenvalue weighted by Crippen LogP contribution is 2.50. The van der Waals surface area contributed by atoms with Crippen LogP contribution in [-0.4, -0.2) is 71.9 Å². The van der Waals surface area contributed by atoms with E-state index in [2.05, 4.69) is 95.2 Å². The fourth-order valence-electron chi connectivity index (χ4n) is 7.93. The van der Waals surface area contributed by atoms with E-state index >= 15 is 0 Å². The largest absolute Gasteiger partial charge is 0.481 e. The van der Waals surface area contributed by atoms with E-state index in [1.54, 1.807) is 0 Å². The summed E-state index contributed by atoms with van der Waals surface area (Å²) in [7, 11) is -8.10. The molecule has 0 atom stereocenters. The Morgan fingerprint density at radius 2 is 1.43 bits per heavy atom. The number of carboxylic acids is 1. The van der Waals surface area contributed by atoms with Crippen molar-refractivity contribution in [2.45, 2.75) is 98.3 Å². The summed E-state index contributed by atoms with van der Waals surface area (Å²) in [4.78, 5) is 13.8. The number of benzene rings is 2. The van der Waals surface area contributed by atoms with E-state index in [9.17, 15) is 35.8 Å². The summed E-state index contributed by atoms with van der Waals surface area (Å²) in [6, 6.07) is 14.0. The summed E-state index contributed by atoms with van der Waals surface area (Å²) in [5, 5.41) is 9.49. The Bertz CT molecular complexity index is 1970. The highest BCUT2D eigenvalue weighted by molar-refractivity contribution is 7.86. The van der Waals surface area contributed by atoms with Gasteiger partial charge in [-0.05, 0) is 70.2 Å². The molecule has 0 radical (unpaired) electrons. The maximum absolute atomic E-state index is 11.6. The van der Waals surface area contributed by atoms with Gasteiger partial charge in [-0.1, -0.05) is 70.2 Å². The molecule has 0 saturated carbocycles. The summed E-state index contributed by atoms with van der Waals surface area (Å²) in [5.74, 6) is -1.48. The molecule has 12 heteroatoms. The van der Waals surface area contributed by atoms with Crippen molar-refractivity contribution in [2.75, 3.05) is 29.5 Å². The number of fused-ring (bicyclic) bond motifs is 2. The van der Waals surface area contributed by atoms with E-state index in [1.165, 1.54) is 5.56 Å². The van der Waals surface area contributed by atoms with Gasteiger partial charge in [-0.3, -0.25) is 13.9 Å². The van der Waals surface area contributed by atoms with Gasteiger partial charge in [0.15, 0.2) is 5.71 Å². The van der Waals surface area contributed by atoms with Crippen LogP contribution < -0.4 is 4.90 Å². The van der Waals surface area contributed by atoms with Crippen LogP contribution in [0.5, 0.6) is 0 Å². The predicted molar refractivity (Wildman–Crippen MR) is 204 cm³/mol. The van der Waals surface area contributed by atoms with Gasteiger partial charge < -0.3 is 10.0 Å². The molecule has 3 N–H and O–H groups in total. The first-order valence-corrected chi connectivity index (χ1v) is 20.8. The van der Waals surface area contributed by atoms with Crippen molar-refractivity contribution >= 4 is 43.3 Å². The Balaban J connectivity index is 1.72. The average Bonchev–Trinajstić information content (AvgIpc) is 3.34. The molecule has 0 fully saturated rings. The summed E-state index contributed by atoms with van der Waals surface area (Å²) in [5.41, 5.74) is 5.53. The number of aliphatic carboxylic acids is 1. The van der Waals surface area contributed by atoms with E-state index in [4.69, 9.17) is 0 Å². The lowest BCUT2D eigenvalue weighted by Gasteiger charge is -2.32. The standard InChI is InChI=1S/C39H54N2O8S2/c1-36(2,27-33-38(5,6)29-15-9-10-16-31(29)40(33)21-11-13-23-50(44,45)46)19-20-37(3,4)35-39(7,8)30-25-28(26-34(42)43)17-18-32(30)41(35)22-12-14-24-51(47,48)49/h9-10,15-20,25,27H,11-14,21-24,26H2,1-8H3,(H2-,42,43,44,45,46,47,48,49)/p+1/b20-19+,33-27+. The number of anilines is 1. The smallest absolute Gasteiger partial charge is 0.307 e. The van der Waals surface area contributed by atoms with Crippen molar-refractivity contribution in [3.8, 4) is 0 Å². The van der Waals surface area contributed by atoms with Gasteiger partial charge in [-0.15, -0.1) is 0 Å². The molecule has 10 nitrogen and oxygen atoms in total. The summed E-state index contributed by atoms with van der Waals surface area (Å²) in [6.07, 6.45) is 8.41. The van der Waals surface area contributed by atoms with Crippen molar-refractivity contribution in [3.63, 3.8) is 0 Å². The van der Waals surface area contributed by atoms with Gasteiger partial charge in [0.2, 0.25) is 5.69 Å². The SMILES string of the molecule is CC(C)(/C=C/C(C)(C)C1=[N+](CCCCS(=O)(=O)O)c2ccc(CC(=O)O)cc2C1(C)C)/C=C1/N(CCCCS(=O)(=O)O)c2ccccc2C1(C)C. The molecule has 0 spiro atoms. The summed E-state index contributed by atoms with van der Waals surface area (Å²) >= 11 is 0. The minimum Gasteiger partial charge on any atom is -0.481 e. The van der Waals surface area contributed by atoms with Crippen molar-refractivity contribution in [1.82, 2.24) is 0 Å². The molecule has 0 aliphatic carbocycles. The summed E-state index contributed by atoms with van der Waals surface area (Å²) in [6.45, 7) is 18.5. The van der Waals surface area contributed by atoms with Crippen LogP contribution >= 0.6 is 0 Å². The minimum absolute atomic E-state index is 0.0863. The van der Waals surface area contributed by atoms with Gasteiger partial charge in [-0.25, -0.2) is 0 Å². The Kier molecular flexibility index (Phi) is 11.6. The van der Waals surface area contributed by atoms with E-state index < -0.39 is 42.5 Å². The summed E-state index contributed by atoms with van der Waals surface area (Å²) < 4.78 is 66.5. The van der Waals surface area contributed by atoms with Crippen molar-refractivity contribution in [2.24, 2.45) is 10.8 Å². The molecule has 0 bridgehead atoms. The highest BCUT2D eigenvalue weighted by atomic mass is 32.2. The molecule has 0 unspecified atom stereocenters. The fraction of sp³-hybridized carbons (Fsp3) is 0.538. The number of rotatable bonds is 16. The monoisotopic (exact) mass is 743 g/mol. The van der Waals surface area contributed by atoms with E-state index in [0.29, 0.717) is 44.3 Å². The number of nitrogens with zero attached hydrogens (tertiary/aromatic N) is 2. The number of hydrogen-bond acceptors (Lipinski definition) is 6. The number of carbonyl (C=O) groups is 1. The van der Waals surface area contributed by atoms with E-state index in [0.717, 1.165) is 28.3 Å². The normalized spacial score (nSPS) is 18.2. The van der Waals surface area contributed by atoms with Gasteiger partial charge >= 0.3 is 5.97 Å². The topological polar surface area (TPSA) is 152 Å². The van der Waals surface area contributed by atoms with Crippen LogP contribution in [0.4, 0.5) is 11.4 Å². The first kappa shape index (κ1) is 40.5. The van der Waals surface area contributed by atoms with Crippen molar-refractivity contribution in [3.05, 3.63) is 83.1 Å². The van der Waals surface area contributed by atoms with Gasteiger partial charge in [0.05, 0.1) is 28.8 Å². The van der Waals surface area contributed by atoms with E-state index in [1.807, 2.05) is 30.3 Å². The van der Waals surface area contributed by atoms with Crippen LogP contribution in [0.25, 0.3) is 0 Å². The quantitative estimate of drug-likeness (QED) is 0.0695. The molecular formula is C39H55N2O8S2+. The first-order valence-electron chi connectivity index (χ1n) is 17.6. The van der Waals surface area contributed by atoms with Gasteiger partial charge in [0, 0.05) is 46.8 Å². The third-order valence-electron chi connectivity index (χ3n) is 10.2. The number of hydrogen-bond donors (Lipinski definition) is 3. The molecule has 0 aromatic heterocycles. The Morgan fingerprint density at radius 3 is 2.04 bits per heavy atom. The third kappa shape index (κ3) is 9.57. The van der Waals surface area contributed by atoms with Crippen LogP contribution in [0, 0.1) is 10.8 Å². The van der Waals surface area contributed by atoms with Crippen LogP contribution in [0.3, 0.4) is 0 Å². The lowest BCUT2D eigenvalue weighted by Crippen LogP contribution is -2.40. The number of para-hydroxylation sites is 1. The molecule has 0 amide bonds. The molecule has 2 aliphatic rings. The Hall–Kier alpha value is -3.32.